The Kier molecular flexibility index (Phi) is 4.85. The average Bonchev–Trinajstić information content (AvgIpc) is 2.31. The molecule has 1 aromatic rings. The van der Waals surface area contributed by atoms with E-state index >= 15 is 0 Å². The van der Waals surface area contributed by atoms with Gasteiger partial charge in [0.05, 0.1) is 23.8 Å². The van der Waals surface area contributed by atoms with Gasteiger partial charge in [-0.05, 0) is 19.1 Å². The molecule has 2 N–H and O–H groups in total. The maximum Gasteiger partial charge on any atom is 0.337 e. The molecule has 0 radical (unpaired) electrons. The molecular weight excluding hydrogens is 234 g/mol. The lowest BCUT2D eigenvalue weighted by atomic mass is 10.1. The summed E-state index contributed by atoms with van der Waals surface area (Å²) in [5.41, 5.74) is 1.23. The summed E-state index contributed by atoms with van der Waals surface area (Å²) in [4.78, 5) is 22.9. The van der Waals surface area contributed by atoms with E-state index in [0.29, 0.717) is 12.3 Å². The van der Waals surface area contributed by atoms with Crippen LogP contribution in [0, 0.1) is 12.8 Å². The number of rotatable bonds is 5. The van der Waals surface area contributed by atoms with Crippen LogP contribution in [0.2, 0.25) is 0 Å². The standard InChI is InChI=1S/C13H17NO4/c1-8-4-5-11(10(6-8)13(16)17)14-12(15)9(2)7-18-3/h4-6,9H,7H2,1-3H3,(H,14,15)(H,16,17). The number of aryl methyl sites for hydroxylation is 1. The molecule has 1 amide bonds. The number of carbonyl (C=O) groups excluding carboxylic acids is 1. The smallest absolute Gasteiger partial charge is 0.337 e. The number of hydrogen-bond acceptors (Lipinski definition) is 3. The van der Waals surface area contributed by atoms with Crippen molar-refractivity contribution in [1.82, 2.24) is 0 Å². The first-order valence-corrected chi connectivity index (χ1v) is 5.59. The molecule has 18 heavy (non-hydrogen) atoms. The highest BCUT2D eigenvalue weighted by atomic mass is 16.5. The van der Waals surface area contributed by atoms with Crippen molar-refractivity contribution < 1.29 is 19.4 Å². The Morgan fingerprint density at radius 2 is 2.11 bits per heavy atom. The van der Waals surface area contributed by atoms with Crippen molar-refractivity contribution in [1.29, 1.82) is 0 Å². The zero-order valence-electron chi connectivity index (χ0n) is 10.7. The first kappa shape index (κ1) is 14.2. The second kappa shape index (κ2) is 6.16. The monoisotopic (exact) mass is 251 g/mol. The average molecular weight is 251 g/mol. The van der Waals surface area contributed by atoms with Crippen LogP contribution in [0.5, 0.6) is 0 Å². The number of carboxylic acid groups (broad SMARTS) is 1. The summed E-state index contributed by atoms with van der Waals surface area (Å²) in [5.74, 6) is -1.66. The van der Waals surface area contributed by atoms with Crippen LogP contribution in [-0.4, -0.2) is 30.7 Å². The molecule has 0 spiro atoms. The Labute approximate surface area is 106 Å². The maximum atomic E-state index is 11.8. The fourth-order valence-electron chi connectivity index (χ4n) is 1.53. The Bertz CT molecular complexity index is 456. The highest BCUT2D eigenvalue weighted by Crippen LogP contribution is 2.18. The molecule has 0 aliphatic rings. The number of ether oxygens (including phenoxy) is 1. The SMILES string of the molecule is COCC(C)C(=O)Nc1ccc(C)cc1C(=O)O. The number of hydrogen-bond donors (Lipinski definition) is 2. The van der Waals surface area contributed by atoms with E-state index in [1.54, 1.807) is 26.0 Å². The largest absolute Gasteiger partial charge is 0.478 e. The van der Waals surface area contributed by atoms with Gasteiger partial charge in [-0.1, -0.05) is 18.6 Å². The third-order valence-corrected chi connectivity index (χ3v) is 2.53. The number of aromatic carboxylic acids is 1. The molecule has 0 heterocycles. The van der Waals surface area contributed by atoms with Crippen LogP contribution < -0.4 is 5.32 Å². The molecular formula is C13H17NO4. The lowest BCUT2D eigenvalue weighted by molar-refractivity contribution is -0.120. The van der Waals surface area contributed by atoms with Crippen molar-refractivity contribution in [3.05, 3.63) is 29.3 Å². The second-order valence-corrected chi connectivity index (χ2v) is 4.20. The summed E-state index contributed by atoms with van der Waals surface area (Å²) in [6.07, 6.45) is 0. The van der Waals surface area contributed by atoms with Crippen LogP contribution in [0.15, 0.2) is 18.2 Å². The van der Waals surface area contributed by atoms with E-state index in [2.05, 4.69) is 5.32 Å². The summed E-state index contributed by atoms with van der Waals surface area (Å²) in [6.45, 7) is 3.80. The highest BCUT2D eigenvalue weighted by molar-refractivity contribution is 6.01. The van der Waals surface area contributed by atoms with E-state index in [1.165, 1.54) is 13.2 Å². The van der Waals surface area contributed by atoms with Crippen molar-refractivity contribution in [3.63, 3.8) is 0 Å². The summed E-state index contributed by atoms with van der Waals surface area (Å²) in [6, 6.07) is 4.87. The molecule has 5 heteroatoms. The molecule has 0 bridgehead atoms. The topological polar surface area (TPSA) is 75.6 Å². The normalized spacial score (nSPS) is 11.9. The van der Waals surface area contributed by atoms with E-state index in [1.807, 2.05) is 0 Å². The van der Waals surface area contributed by atoms with E-state index in [4.69, 9.17) is 9.84 Å². The first-order valence-electron chi connectivity index (χ1n) is 5.59. The van der Waals surface area contributed by atoms with Gasteiger partial charge >= 0.3 is 5.97 Å². The van der Waals surface area contributed by atoms with Gasteiger partial charge < -0.3 is 15.2 Å². The molecule has 0 aliphatic heterocycles. The Balaban J connectivity index is 2.90. The van der Waals surface area contributed by atoms with Crippen LogP contribution in [0.25, 0.3) is 0 Å². The van der Waals surface area contributed by atoms with Gasteiger partial charge in [-0.25, -0.2) is 4.79 Å². The van der Waals surface area contributed by atoms with Crippen molar-refractivity contribution in [2.45, 2.75) is 13.8 Å². The number of carbonyl (C=O) groups is 2. The molecule has 0 aliphatic carbocycles. The second-order valence-electron chi connectivity index (χ2n) is 4.20. The molecule has 1 rings (SSSR count). The number of carboxylic acids is 1. The van der Waals surface area contributed by atoms with E-state index < -0.39 is 5.97 Å². The van der Waals surface area contributed by atoms with Gasteiger partial charge in [-0.2, -0.15) is 0 Å². The molecule has 1 unspecified atom stereocenters. The van der Waals surface area contributed by atoms with E-state index in [9.17, 15) is 9.59 Å². The van der Waals surface area contributed by atoms with Gasteiger partial charge in [0, 0.05) is 7.11 Å². The highest BCUT2D eigenvalue weighted by Gasteiger charge is 2.16. The molecule has 5 nitrogen and oxygen atoms in total. The van der Waals surface area contributed by atoms with Crippen LogP contribution in [0.1, 0.15) is 22.8 Å². The molecule has 0 aromatic heterocycles. The zero-order valence-corrected chi connectivity index (χ0v) is 10.7. The van der Waals surface area contributed by atoms with Gasteiger partial charge in [-0.3, -0.25) is 4.79 Å². The number of amides is 1. The Morgan fingerprint density at radius 1 is 1.44 bits per heavy atom. The fraction of sp³-hybridized carbons (Fsp3) is 0.385. The minimum atomic E-state index is -1.06. The predicted molar refractivity (Wildman–Crippen MR) is 67.8 cm³/mol. The van der Waals surface area contributed by atoms with Crippen molar-refractivity contribution in [3.8, 4) is 0 Å². The van der Waals surface area contributed by atoms with Gasteiger partial charge in [-0.15, -0.1) is 0 Å². The Hall–Kier alpha value is -1.88. The summed E-state index contributed by atoms with van der Waals surface area (Å²) >= 11 is 0. The summed E-state index contributed by atoms with van der Waals surface area (Å²) < 4.78 is 4.88. The third kappa shape index (κ3) is 3.56. The fourth-order valence-corrected chi connectivity index (χ4v) is 1.53. The Morgan fingerprint density at radius 3 is 2.67 bits per heavy atom. The minimum Gasteiger partial charge on any atom is -0.478 e. The minimum absolute atomic E-state index is 0.0907. The summed E-state index contributed by atoms with van der Waals surface area (Å²) in [5, 5.41) is 11.7. The van der Waals surface area contributed by atoms with Gasteiger partial charge in [0.25, 0.3) is 0 Å². The molecule has 98 valence electrons. The van der Waals surface area contributed by atoms with Crippen LogP contribution in [0.3, 0.4) is 0 Å². The van der Waals surface area contributed by atoms with Gasteiger partial charge in [0.2, 0.25) is 5.91 Å². The summed E-state index contributed by atoms with van der Waals surface area (Å²) in [7, 11) is 1.51. The van der Waals surface area contributed by atoms with Gasteiger partial charge in [0.15, 0.2) is 0 Å². The quantitative estimate of drug-likeness (QED) is 0.838. The van der Waals surface area contributed by atoms with Crippen LogP contribution in [-0.2, 0) is 9.53 Å². The first-order chi connectivity index (χ1) is 8.45. The number of anilines is 1. The van der Waals surface area contributed by atoms with Crippen LogP contribution in [0.4, 0.5) is 5.69 Å². The van der Waals surface area contributed by atoms with Crippen molar-refractivity contribution in [2.75, 3.05) is 19.0 Å². The van der Waals surface area contributed by atoms with Crippen LogP contribution >= 0.6 is 0 Å². The van der Waals surface area contributed by atoms with E-state index in [-0.39, 0.29) is 17.4 Å². The van der Waals surface area contributed by atoms with Gasteiger partial charge in [0.1, 0.15) is 0 Å². The predicted octanol–water partition coefficient (Wildman–Crippen LogP) is 1.91. The lowest BCUT2D eigenvalue weighted by Crippen LogP contribution is -2.24. The molecule has 0 saturated heterocycles. The lowest BCUT2D eigenvalue weighted by Gasteiger charge is -2.13. The van der Waals surface area contributed by atoms with Crippen molar-refractivity contribution >= 4 is 17.6 Å². The molecule has 1 aromatic carbocycles. The number of benzene rings is 1. The molecule has 1 atom stereocenters. The van der Waals surface area contributed by atoms with Crippen molar-refractivity contribution in [2.24, 2.45) is 5.92 Å². The molecule has 0 saturated carbocycles. The maximum absolute atomic E-state index is 11.8. The third-order valence-electron chi connectivity index (χ3n) is 2.53. The number of methoxy groups -OCH3 is 1. The number of nitrogens with one attached hydrogen (secondary N) is 1. The molecule has 0 fully saturated rings. The van der Waals surface area contributed by atoms with E-state index in [0.717, 1.165) is 5.56 Å². The zero-order chi connectivity index (χ0) is 13.7.